The molecule has 4 heteroatoms. The molecule has 0 aliphatic heterocycles. The fraction of sp³-hybridized carbons (Fsp3) is 0.200. The van der Waals surface area contributed by atoms with Crippen LogP contribution < -0.4 is 11.3 Å². The van der Waals surface area contributed by atoms with E-state index < -0.39 is 0 Å². The van der Waals surface area contributed by atoms with Crippen LogP contribution in [0, 0.1) is 12.7 Å². The summed E-state index contributed by atoms with van der Waals surface area (Å²) in [5.74, 6) is 5.50. The van der Waals surface area contributed by atoms with Crippen molar-refractivity contribution >= 4 is 11.8 Å². The largest absolute Gasteiger partial charge is 0.271 e. The molecule has 0 heterocycles. The molecule has 0 aromatic heterocycles. The molecule has 0 radical (unpaired) electrons. The molecule has 0 aliphatic carbocycles. The number of nitrogens with two attached hydrogens (primary N) is 1. The second-order valence-electron chi connectivity index (χ2n) is 4.35. The molecule has 2 nitrogen and oxygen atoms in total. The number of hydrogen-bond acceptors (Lipinski definition) is 3. The Kier molecular flexibility index (Phi) is 4.58. The van der Waals surface area contributed by atoms with Crippen molar-refractivity contribution in [2.45, 2.75) is 17.9 Å². The van der Waals surface area contributed by atoms with Gasteiger partial charge in [-0.3, -0.25) is 5.84 Å². The van der Waals surface area contributed by atoms with Gasteiger partial charge in [-0.2, -0.15) is 0 Å². The summed E-state index contributed by atoms with van der Waals surface area (Å²) in [6.45, 7) is 1.76. The normalized spacial score (nSPS) is 12.4. The minimum absolute atomic E-state index is 0.136. The number of rotatable bonds is 4. The molecule has 2 aromatic rings. The minimum Gasteiger partial charge on any atom is -0.271 e. The Morgan fingerprint density at radius 1 is 1.21 bits per heavy atom. The quantitative estimate of drug-likeness (QED) is 0.510. The van der Waals surface area contributed by atoms with Gasteiger partial charge in [0.25, 0.3) is 0 Å². The third kappa shape index (κ3) is 2.97. The highest BCUT2D eigenvalue weighted by atomic mass is 32.2. The Morgan fingerprint density at radius 3 is 2.58 bits per heavy atom. The highest BCUT2D eigenvalue weighted by Crippen LogP contribution is 2.30. The van der Waals surface area contributed by atoms with E-state index in [1.54, 1.807) is 24.8 Å². The van der Waals surface area contributed by atoms with Gasteiger partial charge in [0.2, 0.25) is 0 Å². The first-order valence-electron chi connectivity index (χ1n) is 6.02. The zero-order valence-corrected chi connectivity index (χ0v) is 11.8. The van der Waals surface area contributed by atoms with Crippen LogP contribution in [0.15, 0.2) is 47.4 Å². The molecule has 0 aliphatic rings. The summed E-state index contributed by atoms with van der Waals surface area (Å²) in [6.07, 6.45) is 2.03. The van der Waals surface area contributed by atoms with Gasteiger partial charge in [0.15, 0.2) is 0 Å². The maximum Gasteiger partial charge on any atom is 0.126 e. The topological polar surface area (TPSA) is 38.0 Å². The van der Waals surface area contributed by atoms with Gasteiger partial charge in [0.05, 0.1) is 6.04 Å². The van der Waals surface area contributed by atoms with Crippen molar-refractivity contribution in [3.05, 3.63) is 65.0 Å². The fourth-order valence-electron chi connectivity index (χ4n) is 2.12. The summed E-state index contributed by atoms with van der Waals surface area (Å²) in [4.78, 5) is 1.16. The smallest absolute Gasteiger partial charge is 0.126 e. The molecule has 0 amide bonds. The third-order valence-electron chi connectivity index (χ3n) is 3.13. The van der Waals surface area contributed by atoms with Gasteiger partial charge in [0.1, 0.15) is 5.82 Å². The van der Waals surface area contributed by atoms with Crippen LogP contribution in [-0.4, -0.2) is 6.26 Å². The van der Waals surface area contributed by atoms with Crippen LogP contribution >= 0.6 is 11.8 Å². The van der Waals surface area contributed by atoms with Gasteiger partial charge >= 0.3 is 0 Å². The molecular formula is C15H17FN2S. The molecule has 1 unspecified atom stereocenters. The van der Waals surface area contributed by atoms with Crippen molar-refractivity contribution in [1.29, 1.82) is 0 Å². The Morgan fingerprint density at radius 2 is 1.95 bits per heavy atom. The number of benzene rings is 2. The molecule has 0 saturated carbocycles. The molecular weight excluding hydrogens is 259 g/mol. The van der Waals surface area contributed by atoms with Crippen LogP contribution in [0.1, 0.15) is 22.7 Å². The lowest BCUT2D eigenvalue weighted by Crippen LogP contribution is -2.29. The fourth-order valence-corrected chi connectivity index (χ4v) is 2.75. The Balaban J connectivity index is 2.46. The molecule has 0 spiro atoms. The second kappa shape index (κ2) is 6.19. The van der Waals surface area contributed by atoms with Gasteiger partial charge in [-0.15, -0.1) is 11.8 Å². The molecule has 2 rings (SSSR count). The van der Waals surface area contributed by atoms with Crippen molar-refractivity contribution in [2.75, 3.05) is 6.26 Å². The maximum absolute atomic E-state index is 13.4. The summed E-state index contributed by atoms with van der Waals surface area (Å²) in [7, 11) is 0. The van der Waals surface area contributed by atoms with Crippen LogP contribution in [-0.2, 0) is 0 Å². The predicted molar refractivity (Wildman–Crippen MR) is 78.5 cm³/mol. The first-order chi connectivity index (χ1) is 9.17. The lowest BCUT2D eigenvalue weighted by Gasteiger charge is -2.20. The SMILES string of the molecule is CSc1ccccc1C(NN)c1ccc(F)c(C)c1. The van der Waals surface area contributed by atoms with Gasteiger partial charge in [-0.1, -0.05) is 30.3 Å². The monoisotopic (exact) mass is 276 g/mol. The zero-order valence-electron chi connectivity index (χ0n) is 11.0. The average molecular weight is 276 g/mol. The summed E-state index contributed by atoms with van der Waals surface area (Å²) < 4.78 is 13.4. The van der Waals surface area contributed by atoms with Gasteiger partial charge in [0, 0.05) is 4.90 Å². The van der Waals surface area contributed by atoms with E-state index in [0.717, 1.165) is 16.0 Å². The van der Waals surface area contributed by atoms with Gasteiger partial charge in [-0.25, -0.2) is 9.82 Å². The minimum atomic E-state index is -0.197. The number of aryl methyl sites for hydroxylation is 1. The lowest BCUT2D eigenvalue weighted by molar-refractivity contribution is 0.605. The second-order valence-corrected chi connectivity index (χ2v) is 5.20. The number of thioether (sulfide) groups is 1. The molecule has 0 saturated heterocycles. The van der Waals surface area contributed by atoms with E-state index in [9.17, 15) is 4.39 Å². The van der Waals surface area contributed by atoms with Crippen LogP contribution in [0.4, 0.5) is 4.39 Å². The molecule has 2 aromatic carbocycles. The summed E-state index contributed by atoms with van der Waals surface area (Å²) in [5.41, 5.74) is 5.51. The van der Waals surface area contributed by atoms with E-state index >= 15 is 0 Å². The van der Waals surface area contributed by atoms with E-state index in [1.807, 2.05) is 30.5 Å². The van der Waals surface area contributed by atoms with Crippen molar-refractivity contribution in [1.82, 2.24) is 5.43 Å². The Hall–Kier alpha value is -1.36. The van der Waals surface area contributed by atoms with Crippen molar-refractivity contribution in [3.63, 3.8) is 0 Å². The first kappa shape index (κ1) is 14.1. The number of halogens is 1. The highest BCUT2D eigenvalue weighted by Gasteiger charge is 2.16. The van der Waals surface area contributed by atoms with Crippen LogP contribution in [0.3, 0.4) is 0 Å². The molecule has 0 fully saturated rings. The number of hydrogen-bond donors (Lipinski definition) is 2. The van der Waals surface area contributed by atoms with E-state index in [2.05, 4.69) is 11.5 Å². The molecule has 3 N–H and O–H groups in total. The summed E-state index contributed by atoms with van der Waals surface area (Å²) in [6, 6.07) is 13.0. The Bertz CT molecular complexity index is 572. The number of nitrogens with one attached hydrogen (secondary N) is 1. The van der Waals surface area contributed by atoms with E-state index in [0.29, 0.717) is 5.56 Å². The highest BCUT2D eigenvalue weighted by molar-refractivity contribution is 7.98. The van der Waals surface area contributed by atoms with Crippen molar-refractivity contribution in [2.24, 2.45) is 5.84 Å². The first-order valence-corrected chi connectivity index (χ1v) is 7.25. The summed E-state index contributed by atoms with van der Waals surface area (Å²) >= 11 is 1.67. The number of hydrazine groups is 1. The molecule has 0 bridgehead atoms. The standard InChI is InChI=1S/C15H17FN2S/c1-10-9-11(7-8-13(10)16)15(18-17)12-5-3-4-6-14(12)19-2/h3-9,15,18H,17H2,1-2H3. The Labute approximate surface area is 117 Å². The molecule has 1 atom stereocenters. The lowest BCUT2D eigenvalue weighted by atomic mass is 9.97. The van der Waals surface area contributed by atoms with Gasteiger partial charge in [-0.05, 0) is 42.0 Å². The average Bonchev–Trinajstić information content (AvgIpc) is 2.44. The van der Waals surface area contributed by atoms with E-state index in [-0.39, 0.29) is 11.9 Å². The zero-order chi connectivity index (χ0) is 13.8. The van der Waals surface area contributed by atoms with E-state index in [4.69, 9.17) is 5.84 Å². The molecule has 19 heavy (non-hydrogen) atoms. The third-order valence-corrected chi connectivity index (χ3v) is 3.94. The maximum atomic E-state index is 13.4. The van der Waals surface area contributed by atoms with Crippen LogP contribution in [0.5, 0.6) is 0 Å². The van der Waals surface area contributed by atoms with Crippen molar-refractivity contribution in [3.8, 4) is 0 Å². The summed E-state index contributed by atoms with van der Waals surface area (Å²) in [5, 5.41) is 0. The van der Waals surface area contributed by atoms with Crippen LogP contribution in [0.25, 0.3) is 0 Å². The van der Waals surface area contributed by atoms with Gasteiger partial charge < -0.3 is 0 Å². The van der Waals surface area contributed by atoms with E-state index in [1.165, 1.54) is 6.07 Å². The van der Waals surface area contributed by atoms with Crippen molar-refractivity contribution < 1.29 is 4.39 Å². The predicted octanol–water partition coefficient (Wildman–Crippen LogP) is 3.41. The van der Waals surface area contributed by atoms with Crippen LogP contribution in [0.2, 0.25) is 0 Å². The molecule has 100 valence electrons.